The van der Waals surface area contributed by atoms with Gasteiger partial charge in [-0.25, -0.2) is 0 Å². The van der Waals surface area contributed by atoms with Gasteiger partial charge in [-0.3, -0.25) is 0 Å². The fourth-order valence-electron chi connectivity index (χ4n) is 3.91. The van der Waals surface area contributed by atoms with Gasteiger partial charge >= 0.3 is 17.8 Å². The van der Waals surface area contributed by atoms with Crippen LogP contribution in [-0.2, 0) is 6.61 Å². The van der Waals surface area contributed by atoms with Gasteiger partial charge in [-0.05, 0) is 31.0 Å². The number of aryl methyl sites for hydroxylation is 1. The van der Waals surface area contributed by atoms with Crippen LogP contribution in [0.1, 0.15) is 27.3 Å². The highest BCUT2D eigenvalue weighted by molar-refractivity contribution is 7.16. The summed E-state index contributed by atoms with van der Waals surface area (Å²) in [6.07, 6.45) is 0.682. The van der Waals surface area contributed by atoms with E-state index in [-0.39, 0.29) is 21.8 Å². The van der Waals surface area contributed by atoms with E-state index in [4.69, 9.17) is 9.52 Å². The summed E-state index contributed by atoms with van der Waals surface area (Å²) in [7, 11) is 0. The molecule has 4 rings (SSSR count). The molecule has 1 aromatic carbocycles. The zero-order valence-corrected chi connectivity index (χ0v) is 17.1. The molecule has 0 amide bonds. The van der Waals surface area contributed by atoms with Gasteiger partial charge in [0.25, 0.3) is 0 Å². The third kappa shape index (κ3) is 2.90. The molecule has 0 fully saturated rings. The first-order chi connectivity index (χ1) is 14.4. The molecule has 1 N–H and O–H groups in total. The minimum absolute atomic E-state index is 0.208. The number of furan rings is 1. The van der Waals surface area contributed by atoms with Crippen molar-refractivity contribution >= 4 is 22.5 Å². The summed E-state index contributed by atoms with van der Waals surface area (Å²) in [5.74, 6) is -16.1. The van der Waals surface area contributed by atoms with E-state index in [9.17, 15) is 17.6 Å². The van der Waals surface area contributed by atoms with Gasteiger partial charge in [-0.1, -0.05) is 30.3 Å². The van der Waals surface area contributed by atoms with E-state index in [1.807, 2.05) is 0 Å². The molecule has 0 saturated carbocycles. The molecule has 0 radical (unpaired) electrons. The van der Waals surface area contributed by atoms with Crippen LogP contribution in [0.4, 0.5) is 26.3 Å². The summed E-state index contributed by atoms with van der Waals surface area (Å²) in [5, 5.41) is 9.14. The molecule has 9 heteroatoms. The van der Waals surface area contributed by atoms with E-state index >= 15 is 8.78 Å². The number of benzene rings is 1. The van der Waals surface area contributed by atoms with E-state index in [0.717, 1.165) is 17.4 Å². The van der Waals surface area contributed by atoms with E-state index < -0.39 is 41.1 Å². The van der Waals surface area contributed by atoms with Gasteiger partial charge in [0.15, 0.2) is 0 Å². The maximum absolute atomic E-state index is 15.0. The molecule has 0 spiro atoms. The van der Waals surface area contributed by atoms with E-state index in [1.165, 1.54) is 13.8 Å². The molecule has 2 heterocycles. The Morgan fingerprint density at radius 1 is 0.903 bits per heavy atom. The van der Waals surface area contributed by atoms with Crippen molar-refractivity contribution in [3.8, 4) is 10.4 Å². The number of halogens is 6. The number of rotatable bonds is 4. The highest BCUT2D eigenvalue weighted by Crippen LogP contribution is 2.66. The predicted molar refractivity (Wildman–Crippen MR) is 106 cm³/mol. The first kappa shape index (κ1) is 21.7. The number of alkyl halides is 6. The number of hydrogen-bond acceptors (Lipinski definition) is 3. The second-order valence-electron chi connectivity index (χ2n) is 7.29. The summed E-state index contributed by atoms with van der Waals surface area (Å²) in [6, 6.07) is 9.51. The summed E-state index contributed by atoms with van der Waals surface area (Å²) < 4.78 is 93.4. The Morgan fingerprint density at radius 3 is 2.10 bits per heavy atom. The number of allylic oxidation sites excluding steroid dienone is 2. The van der Waals surface area contributed by atoms with Crippen molar-refractivity contribution in [2.24, 2.45) is 0 Å². The summed E-state index contributed by atoms with van der Waals surface area (Å²) in [5.41, 5.74) is -2.98. The Labute approximate surface area is 177 Å². The van der Waals surface area contributed by atoms with Gasteiger partial charge in [0, 0.05) is 32.0 Å². The lowest BCUT2D eigenvalue weighted by molar-refractivity contribution is -0.254. The summed E-state index contributed by atoms with van der Waals surface area (Å²) >= 11 is 1.07. The van der Waals surface area contributed by atoms with Gasteiger partial charge in [0.05, 0.1) is 6.26 Å². The van der Waals surface area contributed by atoms with Crippen LogP contribution in [0.15, 0.2) is 47.1 Å². The van der Waals surface area contributed by atoms with E-state index in [1.54, 1.807) is 30.3 Å². The van der Waals surface area contributed by atoms with Gasteiger partial charge in [-0.15, -0.1) is 11.3 Å². The van der Waals surface area contributed by atoms with Gasteiger partial charge in [0.2, 0.25) is 0 Å². The van der Waals surface area contributed by atoms with Gasteiger partial charge < -0.3 is 9.52 Å². The second-order valence-corrected chi connectivity index (χ2v) is 8.51. The van der Waals surface area contributed by atoms with Crippen LogP contribution >= 0.6 is 11.3 Å². The molecule has 1 aliphatic carbocycles. The lowest BCUT2D eigenvalue weighted by atomic mass is 9.92. The van der Waals surface area contributed by atoms with Crippen molar-refractivity contribution in [1.82, 2.24) is 0 Å². The van der Waals surface area contributed by atoms with Crippen LogP contribution in [0, 0.1) is 13.8 Å². The number of thiophene rings is 1. The molecular weight excluding hydrogens is 442 g/mol. The zero-order chi connectivity index (χ0) is 22.8. The monoisotopic (exact) mass is 458 g/mol. The molecule has 31 heavy (non-hydrogen) atoms. The van der Waals surface area contributed by atoms with Crippen LogP contribution in [0.3, 0.4) is 0 Å². The molecule has 0 atom stereocenters. The van der Waals surface area contributed by atoms with Crippen LogP contribution < -0.4 is 0 Å². The lowest BCUT2D eigenvalue weighted by Gasteiger charge is -2.25. The van der Waals surface area contributed by atoms with Crippen molar-refractivity contribution in [3.05, 3.63) is 70.0 Å². The maximum atomic E-state index is 15.0. The SMILES string of the molecule is Cc1sc(-c2ccccc2)c(C)c1C1=C(c2coc(CO)c2)C(F)(F)C(F)(F)C1(F)F. The molecule has 1 aliphatic rings. The van der Waals surface area contributed by atoms with Crippen molar-refractivity contribution < 1.29 is 35.9 Å². The molecule has 2 nitrogen and oxygen atoms in total. The van der Waals surface area contributed by atoms with Crippen LogP contribution in [0.2, 0.25) is 0 Å². The van der Waals surface area contributed by atoms with Crippen LogP contribution in [0.25, 0.3) is 21.6 Å². The minimum Gasteiger partial charge on any atom is -0.466 e. The third-order valence-corrected chi connectivity index (χ3v) is 6.63. The fraction of sp³-hybridized carbons (Fsp3) is 0.273. The Morgan fingerprint density at radius 2 is 1.52 bits per heavy atom. The molecule has 2 aromatic heterocycles. The highest BCUT2D eigenvalue weighted by Gasteiger charge is 2.80. The maximum Gasteiger partial charge on any atom is 0.380 e. The first-order valence-corrected chi connectivity index (χ1v) is 9.99. The third-order valence-electron chi connectivity index (χ3n) is 5.37. The summed E-state index contributed by atoms with van der Waals surface area (Å²) in [4.78, 5) is 0.737. The highest BCUT2D eigenvalue weighted by atomic mass is 32.1. The Bertz CT molecular complexity index is 1170. The number of aliphatic hydroxyl groups is 1. The molecule has 0 unspecified atom stereocenters. The minimum atomic E-state index is -5.64. The molecular formula is C22H16F6O2S. The van der Waals surface area contributed by atoms with Crippen molar-refractivity contribution in [2.45, 2.75) is 38.2 Å². The normalized spacial score (nSPS) is 19.3. The van der Waals surface area contributed by atoms with Crippen molar-refractivity contribution in [3.63, 3.8) is 0 Å². The topological polar surface area (TPSA) is 33.4 Å². The van der Waals surface area contributed by atoms with Crippen molar-refractivity contribution in [2.75, 3.05) is 0 Å². The smallest absolute Gasteiger partial charge is 0.380 e. The fourth-order valence-corrected chi connectivity index (χ4v) is 5.09. The largest absolute Gasteiger partial charge is 0.466 e. The Balaban J connectivity index is 2.06. The molecule has 0 saturated heterocycles. The molecule has 0 bridgehead atoms. The average molecular weight is 458 g/mol. The van der Waals surface area contributed by atoms with E-state index in [2.05, 4.69) is 0 Å². The average Bonchev–Trinajstić information content (AvgIpc) is 3.32. The van der Waals surface area contributed by atoms with Crippen LogP contribution in [-0.4, -0.2) is 22.9 Å². The first-order valence-electron chi connectivity index (χ1n) is 9.18. The Kier molecular flexibility index (Phi) is 4.90. The summed E-state index contributed by atoms with van der Waals surface area (Å²) in [6.45, 7) is 2.18. The molecule has 3 aromatic rings. The lowest BCUT2D eigenvalue weighted by Crippen LogP contribution is -2.48. The number of hydrogen-bond donors (Lipinski definition) is 1. The van der Waals surface area contributed by atoms with Gasteiger partial charge in [0.1, 0.15) is 12.4 Å². The molecule has 0 aliphatic heterocycles. The van der Waals surface area contributed by atoms with Crippen LogP contribution in [0.5, 0.6) is 0 Å². The van der Waals surface area contributed by atoms with E-state index in [0.29, 0.717) is 16.7 Å². The molecule has 164 valence electrons. The second kappa shape index (κ2) is 7.00. The zero-order valence-electron chi connectivity index (χ0n) is 16.3. The van der Waals surface area contributed by atoms with Crippen molar-refractivity contribution in [1.29, 1.82) is 0 Å². The standard InChI is InChI=1S/C22H16F6O2S/c1-11-16(12(2)31-19(11)13-6-4-3-5-7-13)18-17(14-8-15(9-29)30-10-14)20(23,24)22(27,28)21(18,25)26/h3-8,10,29H,9H2,1-2H3. The quantitative estimate of drug-likeness (QED) is 0.430. The Hall–Kier alpha value is -2.52. The van der Waals surface area contributed by atoms with Gasteiger partial charge in [-0.2, -0.15) is 26.3 Å². The predicted octanol–water partition coefficient (Wildman–Crippen LogP) is 6.95. The number of aliphatic hydroxyl groups excluding tert-OH is 1.